The van der Waals surface area contributed by atoms with Crippen LogP contribution in [0.4, 0.5) is 4.79 Å². The van der Waals surface area contributed by atoms with Crippen LogP contribution in [0.1, 0.15) is 28.7 Å². The lowest BCUT2D eigenvalue weighted by Crippen LogP contribution is -2.42. The molecule has 4 rings (SSSR count). The number of carbonyl (C=O) groups excluding carboxylic acids is 3. The van der Waals surface area contributed by atoms with Crippen LogP contribution in [0.5, 0.6) is 5.75 Å². The Morgan fingerprint density at radius 3 is 1.76 bits per heavy atom. The third-order valence-electron chi connectivity index (χ3n) is 6.72. The Kier molecular flexibility index (Phi) is 12.9. The van der Waals surface area contributed by atoms with Crippen LogP contribution in [-0.2, 0) is 59.1 Å². The first-order valence-electron chi connectivity index (χ1n) is 14.6. The summed E-state index contributed by atoms with van der Waals surface area (Å²) in [4.78, 5) is 38.1. The summed E-state index contributed by atoms with van der Waals surface area (Å²) in [6.45, 7) is 0.127. The van der Waals surface area contributed by atoms with E-state index in [0.717, 1.165) is 16.7 Å². The molecule has 2 unspecified atom stereocenters. The number of amides is 1. The van der Waals surface area contributed by atoms with E-state index in [4.69, 9.17) is 23.3 Å². The first-order chi connectivity index (χ1) is 22.3. The van der Waals surface area contributed by atoms with Crippen molar-refractivity contribution in [1.29, 1.82) is 0 Å². The lowest BCUT2D eigenvalue weighted by molar-refractivity contribution is -0.147. The number of hydrogen-bond donors (Lipinski definition) is 1. The summed E-state index contributed by atoms with van der Waals surface area (Å²) < 4.78 is 40.7. The van der Waals surface area contributed by atoms with Crippen molar-refractivity contribution in [3.05, 3.63) is 138 Å². The second-order valence-corrected chi connectivity index (χ2v) is 12.4. The Bertz CT molecular complexity index is 1600. The van der Waals surface area contributed by atoms with E-state index in [9.17, 15) is 18.9 Å². The summed E-state index contributed by atoms with van der Waals surface area (Å²) >= 11 is 0. The number of esters is 2. The minimum atomic E-state index is -3.82. The molecule has 0 radical (unpaired) electrons. The Morgan fingerprint density at radius 2 is 1.20 bits per heavy atom. The Hall–Kier alpha value is -4.92. The molecule has 0 aliphatic rings. The Balaban J connectivity index is 1.36. The number of alkyl carbamates (subject to hydrolysis) is 1. The van der Waals surface area contributed by atoms with Gasteiger partial charge in [-0.3, -0.25) is 4.79 Å². The molecule has 4 aromatic carbocycles. The topological polar surface area (TPSA) is 126 Å². The highest BCUT2D eigenvalue weighted by Crippen LogP contribution is 2.48. The number of benzene rings is 4. The molecule has 0 aromatic heterocycles. The van der Waals surface area contributed by atoms with E-state index < -0.39 is 31.7 Å². The molecule has 46 heavy (non-hydrogen) atoms. The van der Waals surface area contributed by atoms with Crippen molar-refractivity contribution in [3.8, 4) is 5.75 Å². The van der Waals surface area contributed by atoms with E-state index in [-0.39, 0.29) is 44.6 Å². The number of ether oxygens (including phenoxy) is 3. The zero-order chi connectivity index (χ0) is 32.6. The van der Waals surface area contributed by atoms with Gasteiger partial charge in [0.15, 0.2) is 0 Å². The molecule has 1 N–H and O–H groups in total. The van der Waals surface area contributed by atoms with E-state index in [2.05, 4.69) is 5.32 Å². The summed E-state index contributed by atoms with van der Waals surface area (Å²) in [5.74, 6) is -0.964. The van der Waals surface area contributed by atoms with Crippen molar-refractivity contribution >= 4 is 25.6 Å². The van der Waals surface area contributed by atoms with Crippen molar-refractivity contribution in [1.82, 2.24) is 5.32 Å². The van der Waals surface area contributed by atoms with Crippen molar-refractivity contribution in [3.63, 3.8) is 0 Å². The highest BCUT2D eigenvalue weighted by atomic mass is 31.2. The Labute approximate surface area is 268 Å². The highest BCUT2D eigenvalue weighted by Gasteiger charge is 2.31. The number of rotatable bonds is 16. The fourth-order valence-corrected chi connectivity index (χ4v) is 5.63. The lowest BCUT2D eigenvalue weighted by Gasteiger charge is -2.21. The molecule has 0 bridgehead atoms. The van der Waals surface area contributed by atoms with Gasteiger partial charge >= 0.3 is 25.6 Å². The maximum atomic E-state index is 13.6. The van der Waals surface area contributed by atoms with Gasteiger partial charge in [0, 0.05) is 7.11 Å². The van der Waals surface area contributed by atoms with Crippen LogP contribution in [0, 0.1) is 0 Å². The molecule has 11 heteroatoms. The first-order valence-corrected chi connectivity index (χ1v) is 16.4. The van der Waals surface area contributed by atoms with Crippen LogP contribution in [0.3, 0.4) is 0 Å². The summed E-state index contributed by atoms with van der Waals surface area (Å²) in [6, 6.07) is 32.8. The average Bonchev–Trinajstić information content (AvgIpc) is 3.08. The van der Waals surface area contributed by atoms with Gasteiger partial charge in [-0.1, -0.05) is 103 Å². The molecular weight excluding hydrogens is 609 g/mol. The lowest BCUT2D eigenvalue weighted by atomic mass is 10.1. The number of nitrogens with one attached hydrogen (secondary N) is 1. The summed E-state index contributed by atoms with van der Waals surface area (Å²) in [7, 11) is -2.59. The SMILES string of the molecule is COP(=O)(CCC(NC(=O)OCc1ccccc1)C(=O)OCc1ccccc1)Oc1cccc(CC(=O)OCc2ccccc2)c1. The third kappa shape index (κ3) is 11.5. The minimum Gasteiger partial charge on any atom is -0.461 e. The number of carbonyl (C=O) groups is 3. The van der Waals surface area contributed by atoms with Gasteiger partial charge in [-0.05, 0) is 40.8 Å². The fraction of sp³-hybridized carbons (Fsp3) is 0.229. The van der Waals surface area contributed by atoms with Crippen molar-refractivity contribution in [2.24, 2.45) is 0 Å². The van der Waals surface area contributed by atoms with Crippen LogP contribution in [0.2, 0.25) is 0 Å². The summed E-state index contributed by atoms with van der Waals surface area (Å²) in [5.41, 5.74) is 2.99. The van der Waals surface area contributed by atoms with Gasteiger partial charge in [-0.25, -0.2) is 14.2 Å². The maximum Gasteiger partial charge on any atom is 0.408 e. The van der Waals surface area contributed by atoms with Crippen molar-refractivity contribution in [2.45, 2.75) is 38.7 Å². The second-order valence-electron chi connectivity index (χ2n) is 10.2. The molecule has 0 saturated heterocycles. The van der Waals surface area contributed by atoms with Crippen LogP contribution >= 0.6 is 7.60 Å². The normalized spacial score (nSPS) is 12.6. The standard InChI is InChI=1S/C35H36NO9P/c1-41-46(40,45-31-19-11-18-30(22-31)23-33(37)42-24-27-12-5-2-6-13-27)21-20-32(34(38)43-25-28-14-7-3-8-15-28)36-35(39)44-26-29-16-9-4-10-17-29/h2-19,22,32H,20-21,23-26H2,1H3,(H,36,39). The van der Waals surface area contributed by atoms with Gasteiger partial charge in [0.2, 0.25) is 0 Å². The molecule has 4 aromatic rings. The van der Waals surface area contributed by atoms with Gasteiger partial charge in [0.1, 0.15) is 31.6 Å². The largest absolute Gasteiger partial charge is 0.461 e. The molecule has 0 saturated carbocycles. The monoisotopic (exact) mass is 645 g/mol. The van der Waals surface area contributed by atoms with E-state index >= 15 is 0 Å². The van der Waals surface area contributed by atoms with Crippen molar-refractivity contribution in [2.75, 3.05) is 13.3 Å². The van der Waals surface area contributed by atoms with Crippen LogP contribution in [-0.4, -0.2) is 37.3 Å². The van der Waals surface area contributed by atoms with Crippen molar-refractivity contribution < 1.29 is 42.2 Å². The van der Waals surface area contributed by atoms with Crippen LogP contribution in [0.25, 0.3) is 0 Å². The van der Waals surface area contributed by atoms with Gasteiger partial charge in [-0.15, -0.1) is 0 Å². The van der Waals surface area contributed by atoms with Crippen LogP contribution < -0.4 is 9.84 Å². The van der Waals surface area contributed by atoms with Crippen LogP contribution in [0.15, 0.2) is 115 Å². The predicted molar refractivity (Wildman–Crippen MR) is 171 cm³/mol. The smallest absolute Gasteiger partial charge is 0.408 e. The van der Waals surface area contributed by atoms with Gasteiger partial charge in [0.05, 0.1) is 12.6 Å². The molecule has 0 spiro atoms. The highest BCUT2D eigenvalue weighted by molar-refractivity contribution is 7.54. The second kappa shape index (κ2) is 17.5. The first kappa shape index (κ1) is 34.0. The average molecular weight is 646 g/mol. The summed E-state index contributed by atoms with van der Waals surface area (Å²) in [6.07, 6.45) is -1.24. The third-order valence-corrected chi connectivity index (χ3v) is 8.57. The molecule has 0 aliphatic heterocycles. The van der Waals surface area contributed by atoms with Gasteiger partial charge in [0.25, 0.3) is 0 Å². The van der Waals surface area contributed by atoms with Gasteiger partial charge in [-0.2, -0.15) is 0 Å². The zero-order valence-electron chi connectivity index (χ0n) is 25.4. The molecule has 10 nitrogen and oxygen atoms in total. The van der Waals surface area contributed by atoms with E-state index in [1.807, 2.05) is 66.7 Å². The molecule has 0 heterocycles. The maximum absolute atomic E-state index is 13.6. The van der Waals surface area contributed by atoms with E-state index in [0.29, 0.717) is 5.56 Å². The Morgan fingerprint density at radius 1 is 0.674 bits per heavy atom. The molecular formula is C35H36NO9P. The molecule has 1 amide bonds. The molecule has 240 valence electrons. The molecule has 0 aliphatic carbocycles. The fourth-order valence-electron chi connectivity index (χ4n) is 4.28. The zero-order valence-corrected chi connectivity index (χ0v) is 26.3. The number of hydrogen-bond acceptors (Lipinski definition) is 9. The quantitative estimate of drug-likeness (QED) is 0.0813. The molecule has 0 fully saturated rings. The summed E-state index contributed by atoms with van der Waals surface area (Å²) in [5, 5.41) is 2.52. The molecule has 2 atom stereocenters. The van der Waals surface area contributed by atoms with Gasteiger partial charge < -0.3 is 28.6 Å². The van der Waals surface area contributed by atoms with E-state index in [1.165, 1.54) is 7.11 Å². The minimum absolute atomic E-state index is 0.00568. The predicted octanol–water partition coefficient (Wildman–Crippen LogP) is 6.62. The van der Waals surface area contributed by atoms with E-state index in [1.54, 1.807) is 48.5 Å².